The second kappa shape index (κ2) is 5.30. The molecule has 0 radical (unpaired) electrons. The highest BCUT2D eigenvalue weighted by molar-refractivity contribution is 5.94. The minimum absolute atomic E-state index is 0.255. The van der Waals surface area contributed by atoms with Crippen LogP contribution in [-0.2, 0) is 6.54 Å². The number of aromatic hydroxyl groups is 2. The van der Waals surface area contributed by atoms with Crippen molar-refractivity contribution in [1.82, 2.24) is 5.32 Å². The first-order valence-corrected chi connectivity index (χ1v) is 5.71. The second-order valence-electron chi connectivity index (χ2n) is 4.13. The molecule has 2 aromatic carbocycles. The topological polar surface area (TPSA) is 95.6 Å². The molecule has 0 aliphatic heterocycles. The molecule has 5 N–H and O–H groups in total. The van der Waals surface area contributed by atoms with Crippen molar-refractivity contribution in [3.05, 3.63) is 53.6 Å². The summed E-state index contributed by atoms with van der Waals surface area (Å²) < 4.78 is 0. The van der Waals surface area contributed by atoms with E-state index >= 15 is 0 Å². The molecule has 98 valence electrons. The highest BCUT2D eigenvalue weighted by atomic mass is 16.3. The van der Waals surface area contributed by atoms with Gasteiger partial charge < -0.3 is 21.3 Å². The lowest BCUT2D eigenvalue weighted by Gasteiger charge is -2.06. The summed E-state index contributed by atoms with van der Waals surface area (Å²) in [5, 5.41) is 21.2. The number of hydrogen-bond acceptors (Lipinski definition) is 4. The Balaban J connectivity index is 2.01. The Morgan fingerprint density at radius 1 is 1.05 bits per heavy atom. The SMILES string of the molecule is Nc1ccc(CNC(=O)c2ccc(O)c(O)c2)cc1. The quantitative estimate of drug-likeness (QED) is 0.497. The Morgan fingerprint density at radius 3 is 2.37 bits per heavy atom. The second-order valence-corrected chi connectivity index (χ2v) is 4.13. The summed E-state index contributed by atoms with van der Waals surface area (Å²) in [6.07, 6.45) is 0. The molecule has 19 heavy (non-hydrogen) atoms. The maximum Gasteiger partial charge on any atom is 0.251 e. The number of benzene rings is 2. The van der Waals surface area contributed by atoms with E-state index in [-0.39, 0.29) is 23.0 Å². The lowest BCUT2D eigenvalue weighted by Crippen LogP contribution is -2.22. The first-order valence-electron chi connectivity index (χ1n) is 5.71. The van der Waals surface area contributed by atoms with Gasteiger partial charge in [-0.2, -0.15) is 0 Å². The lowest BCUT2D eigenvalue weighted by molar-refractivity contribution is 0.0950. The summed E-state index contributed by atoms with van der Waals surface area (Å²) in [6, 6.07) is 11.1. The van der Waals surface area contributed by atoms with E-state index in [1.807, 2.05) is 12.1 Å². The fraction of sp³-hybridized carbons (Fsp3) is 0.0714. The molecule has 0 saturated carbocycles. The summed E-state index contributed by atoms with van der Waals surface area (Å²) in [7, 11) is 0. The van der Waals surface area contributed by atoms with Gasteiger partial charge in [-0.05, 0) is 35.9 Å². The third-order valence-corrected chi connectivity index (χ3v) is 2.67. The van der Waals surface area contributed by atoms with Crippen LogP contribution in [0.15, 0.2) is 42.5 Å². The molecule has 0 heterocycles. The molecular formula is C14H14N2O3. The van der Waals surface area contributed by atoms with E-state index in [9.17, 15) is 9.90 Å². The van der Waals surface area contributed by atoms with E-state index in [0.717, 1.165) is 5.56 Å². The van der Waals surface area contributed by atoms with Crippen molar-refractivity contribution in [2.75, 3.05) is 5.73 Å². The van der Waals surface area contributed by atoms with Gasteiger partial charge in [0.05, 0.1) is 0 Å². The number of hydrogen-bond donors (Lipinski definition) is 4. The molecule has 2 aromatic rings. The largest absolute Gasteiger partial charge is 0.504 e. The monoisotopic (exact) mass is 258 g/mol. The van der Waals surface area contributed by atoms with Crippen LogP contribution < -0.4 is 11.1 Å². The fourth-order valence-electron chi connectivity index (χ4n) is 1.58. The maximum atomic E-state index is 11.8. The lowest BCUT2D eigenvalue weighted by atomic mass is 10.1. The molecule has 0 unspecified atom stereocenters. The molecular weight excluding hydrogens is 244 g/mol. The minimum Gasteiger partial charge on any atom is -0.504 e. The number of carbonyl (C=O) groups excluding carboxylic acids is 1. The van der Waals surface area contributed by atoms with E-state index < -0.39 is 0 Å². The Bertz CT molecular complexity index is 594. The molecule has 0 saturated heterocycles. The number of phenols is 2. The van der Waals surface area contributed by atoms with Gasteiger partial charge in [-0.1, -0.05) is 12.1 Å². The molecule has 5 nitrogen and oxygen atoms in total. The number of nitrogens with two attached hydrogens (primary N) is 1. The smallest absolute Gasteiger partial charge is 0.251 e. The van der Waals surface area contributed by atoms with Gasteiger partial charge >= 0.3 is 0 Å². The van der Waals surface area contributed by atoms with E-state index in [1.54, 1.807) is 12.1 Å². The number of rotatable bonds is 3. The molecule has 2 rings (SSSR count). The number of nitrogens with one attached hydrogen (secondary N) is 1. The average Bonchev–Trinajstić information content (AvgIpc) is 2.41. The van der Waals surface area contributed by atoms with E-state index in [2.05, 4.69) is 5.32 Å². The number of phenolic OH excluding ortho intramolecular Hbond substituents is 2. The number of anilines is 1. The third-order valence-electron chi connectivity index (χ3n) is 2.67. The molecule has 0 aromatic heterocycles. The molecule has 0 fully saturated rings. The number of nitrogen functional groups attached to an aromatic ring is 1. The first-order chi connectivity index (χ1) is 9.06. The van der Waals surface area contributed by atoms with Gasteiger partial charge in [0.25, 0.3) is 5.91 Å². The van der Waals surface area contributed by atoms with Gasteiger partial charge in [0.15, 0.2) is 11.5 Å². The van der Waals surface area contributed by atoms with Crippen molar-refractivity contribution in [3.63, 3.8) is 0 Å². The first kappa shape index (κ1) is 12.8. The third kappa shape index (κ3) is 3.16. The van der Waals surface area contributed by atoms with Crippen LogP contribution >= 0.6 is 0 Å². The highest BCUT2D eigenvalue weighted by Gasteiger charge is 2.08. The van der Waals surface area contributed by atoms with Crippen molar-refractivity contribution in [1.29, 1.82) is 0 Å². The summed E-state index contributed by atoms with van der Waals surface area (Å²) in [5.41, 5.74) is 7.44. The predicted molar refractivity (Wildman–Crippen MR) is 71.8 cm³/mol. The van der Waals surface area contributed by atoms with Crippen LogP contribution in [0.2, 0.25) is 0 Å². The van der Waals surface area contributed by atoms with Crippen molar-refractivity contribution in [3.8, 4) is 11.5 Å². The Kier molecular flexibility index (Phi) is 3.56. The minimum atomic E-state index is -0.327. The van der Waals surface area contributed by atoms with E-state index in [4.69, 9.17) is 10.8 Å². The zero-order valence-corrected chi connectivity index (χ0v) is 10.1. The molecule has 0 bridgehead atoms. The normalized spacial score (nSPS) is 10.1. The van der Waals surface area contributed by atoms with Crippen LogP contribution in [0.25, 0.3) is 0 Å². The standard InChI is InChI=1S/C14H14N2O3/c15-11-4-1-9(2-5-11)8-16-14(19)10-3-6-12(17)13(18)7-10/h1-7,17-18H,8,15H2,(H,16,19). The van der Waals surface area contributed by atoms with Crippen LogP contribution in [-0.4, -0.2) is 16.1 Å². The Labute approximate surface area is 110 Å². The van der Waals surface area contributed by atoms with Gasteiger partial charge in [-0.3, -0.25) is 4.79 Å². The van der Waals surface area contributed by atoms with E-state index in [1.165, 1.54) is 18.2 Å². The molecule has 0 atom stereocenters. The van der Waals surface area contributed by atoms with Crippen molar-refractivity contribution < 1.29 is 15.0 Å². The van der Waals surface area contributed by atoms with Gasteiger partial charge in [-0.15, -0.1) is 0 Å². The van der Waals surface area contributed by atoms with Gasteiger partial charge in [0, 0.05) is 17.8 Å². The zero-order valence-electron chi connectivity index (χ0n) is 10.1. The van der Waals surface area contributed by atoms with E-state index in [0.29, 0.717) is 12.2 Å². The summed E-state index contributed by atoms with van der Waals surface area (Å²) in [6.45, 7) is 0.362. The van der Waals surface area contributed by atoms with Crippen LogP contribution in [0.5, 0.6) is 11.5 Å². The van der Waals surface area contributed by atoms with Crippen LogP contribution in [0.4, 0.5) is 5.69 Å². The Hall–Kier alpha value is -2.69. The maximum absolute atomic E-state index is 11.8. The van der Waals surface area contributed by atoms with Crippen molar-refractivity contribution >= 4 is 11.6 Å². The number of carbonyl (C=O) groups is 1. The highest BCUT2D eigenvalue weighted by Crippen LogP contribution is 2.24. The Morgan fingerprint density at radius 2 is 1.74 bits per heavy atom. The van der Waals surface area contributed by atoms with Gasteiger partial charge in [0.2, 0.25) is 0 Å². The summed E-state index contributed by atoms with van der Waals surface area (Å²) in [5.74, 6) is -0.901. The molecule has 1 amide bonds. The zero-order chi connectivity index (χ0) is 13.8. The van der Waals surface area contributed by atoms with Crippen LogP contribution in [0, 0.1) is 0 Å². The van der Waals surface area contributed by atoms with Gasteiger partial charge in [-0.25, -0.2) is 0 Å². The molecule has 0 aliphatic carbocycles. The molecule has 5 heteroatoms. The molecule has 0 spiro atoms. The van der Waals surface area contributed by atoms with Crippen molar-refractivity contribution in [2.45, 2.75) is 6.54 Å². The number of amides is 1. The van der Waals surface area contributed by atoms with Crippen LogP contribution in [0.1, 0.15) is 15.9 Å². The summed E-state index contributed by atoms with van der Waals surface area (Å²) in [4.78, 5) is 11.8. The van der Waals surface area contributed by atoms with Crippen molar-refractivity contribution in [2.24, 2.45) is 0 Å². The van der Waals surface area contributed by atoms with Crippen LogP contribution in [0.3, 0.4) is 0 Å². The molecule has 0 aliphatic rings. The average molecular weight is 258 g/mol. The fourth-order valence-corrected chi connectivity index (χ4v) is 1.58. The summed E-state index contributed by atoms with van der Waals surface area (Å²) >= 11 is 0. The predicted octanol–water partition coefficient (Wildman–Crippen LogP) is 1.61. The van der Waals surface area contributed by atoms with Gasteiger partial charge in [0.1, 0.15) is 0 Å².